The van der Waals surface area contributed by atoms with E-state index in [0.29, 0.717) is 5.92 Å². The second-order valence-corrected chi connectivity index (χ2v) is 6.87. The number of carbonyl (C=O) groups is 1. The first-order chi connectivity index (χ1) is 9.67. The quantitative estimate of drug-likeness (QED) is 0.805. The molecular formula is C16H28N4O. The number of rotatable bonds is 7. The van der Waals surface area contributed by atoms with Gasteiger partial charge in [0.15, 0.2) is 0 Å². The molecular weight excluding hydrogens is 264 g/mol. The minimum absolute atomic E-state index is 0.0777. The number of nitrogens with one attached hydrogen (secondary N) is 1. The highest BCUT2D eigenvalue weighted by Crippen LogP contribution is 2.13. The number of hydrogen-bond donors (Lipinski definition) is 2. The van der Waals surface area contributed by atoms with Crippen LogP contribution in [0.4, 0.5) is 5.82 Å². The summed E-state index contributed by atoms with van der Waals surface area (Å²) >= 11 is 0. The van der Waals surface area contributed by atoms with Crippen LogP contribution in [0.25, 0.3) is 0 Å². The van der Waals surface area contributed by atoms with E-state index < -0.39 is 0 Å². The van der Waals surface area contributed by atoms with Crippen molar-refractivity contribution in [1.29, 1.82) is 0 Å². The van der Waals surface area contributed by atoms with E-state index in [-0.39, 0.29) is 18.0 Å². The summed E-state index contributed by atoms with van der Waals surface area (Å²) in [6, 6.07) is 3.99. The molecule has 0 aromatic carbocycles. The Balaban J connectivity index is 2.75. The summed E-state index contributed by atoms with van der Waals surface area (Å²) in [5.41, 5.74) is 6.51. The molecule has 1 aromatic rings. The van der Waals surface area contributed by atoms with Crippen molar-refractivity contribution in [2.45, 2.75) is 46.7 Å². The fourth-order valence-corrected chi connectivity index (χ4v) is 1.94. The summed E-state index contributed by atoms with van der Waals surface area (Å²) in [4.78, 5) is 17.6. The van der Waals surface area contributed by atoms with E-state index in [1.165, 1.54) is 0 Å². The molecule has 0 aliphatic rings. The van der Waals surface area contributed by atoms with Crippen molar-refractivity contribution in [3.05, 3.63) is 23.9 Å². The molecule has 1 heterocycles. The lowest BCUT2D eigenvalue weighted by atomic mass is 10.1. The van der Waals surface area contributed by atoms with Gasteiger partial charge in [0.25, 0.3) is 0 Å². The van der Waals surface area contributed by atoms with Crippen LogP contribution in [0.1, 0.15) is 40.2 Å². The topological polar surface area (TPSA) is 71.2 Å². The number of aromatic nitrogens is 1. The van der Waals surface area contributed by atoms with Gasteiger partial charge in [-0.2, -0.15) is 0 Å². The van der Waals surface area contributed by atoms with Gasteiger partial charge in [0.2, 0.25) is 5.91 Å². The highest BCUT2D eigenvalue weighted by Gasteiger charge is 2.13. The van der Waals surface area contributed by atoms with Crippen molar-refractivity contribution < 1.29 is 4.79 Å². The van der Waals surface area contributed by atoms with Gasteiger partial charge in [0.05, 0.1) is 6.54 Å². The molecule has 0 saturated heterocycles. The Morgan fingerprint density at radius 1 is 1.38 bits per heavy atom. The van der Waals surface area contributed by atoms with Gasteiger partial charge in [-0.1, -0.05) is 19.9 Å². The molecule has 5 heteroatoms. The lowest BCUT2D eigenvalue weighted by molar-refractivity contribution is -0.116. The van der Waals surface area contributed by atoms with Gasteiger partial charge in [-0.25, -0.2) is 4.98 Å². The van der Waals surface area contributed by atoms with Crippen molar-refractivity contribution in [3.8, 4) is 0 Å². The van der Waals surface area contributed by atoms with Gasteiger partial charge in [-0.3, -0.25) is 4.79 Å². The average Bonchev–Trinajstić information content (AvgIpc) is 2.34. The largest absolute Gasteiger partial charge is 0.368 e. The van der Waals surface area contributed by atoms with Crippen LogP contribution in [0.3, 0.4) is 0 Å². The lowest BCUT2D eigenvalue weighted by Crippen LogP contribution is -2.37. The molecule has 0 saturated carbocycles. The zero-order valence-electron chi connectivity index (χ0n) is 13.8. The summed E-state index contributed by atoms with van der Waals surface area (Å²) in [6.07, 6.45) is 1.85. The molecule has 0 atom stereocenters. The van der Waals surface area contributed by atoms with Crippen molar-refractivity contribution in [3.63, 3.8) is 0 Å². The molecule has 1 amide bonds. The molecule has 118 valence electrons. The maximum absolute atomic E-state index is 11.2. The Labute approximate surface area is 127 Å². The molecule has 0 aliphatic carbocycles. The van der Waals surface area contributed by atoms with Crippen molar-refractivity contribution in [2.24, 2.45) is 11.7 Å². The van der Waals surface area contributed by atoms with Crippen LogP contribution >= 0.6 is 0 Å². The van der Waals surface area contributed by atoms with E-state index in [4.69, 9.17) is 5.73 Å². The molecule has 0 radical (unpaired) electrons. The van der Waals surface area contributed by atoms with Crippen molar-refractivity contribution in [2.75, 3.05) is 18.0 Å². The Hall–Kier alpha value is -1.62. The molecule has 5 nitrogen and oxygen atoms in total. The van der Waals surface area contributed by atoms with Gasteiger partial charge >= 0.3 is 0 Å². The molecule has 1 aromatic heterocycles. The molecule has 1 rings (SSSR count). The lowest BCUT2D eigenvalue weighted by Gasteiger charge is -2.24. The SMILES string of the molecule is CC(C)CN(CC(N)=O)c1ccc(CNC(C)(C)C)cn1. The second kappa shape index (κ2) is 7.41. The number of anilines is 1. The number of pyridine rings is 1. The number of hydrogen-bond acceptors (Lipinski definition) is 4. The van der Waals surface area contributed by atoms with Crippen LogP contribution in [0.15, 0.2) is 18.3 Å². The summed E-state index contributed by atoms with van der Waals surface area (Å²) < 4.78 is 0. The number of primary amides is 1. The first-order valence-corrected chi connectivity index (χ1v) is 7.40. The number of amides is 1. The summed E-state index contributed by atoms with van der Waals surface area (Å²) in [7, 11) is 0. The van der Waals surface area contributed by atoms with Crippen LogP contribution in [0.5, 0.6) is 0 Å². The standard InChI is InChI=1S/C16H28N4O/c1-12(2)10-20(11-14(17)21)15-7-6-13(8-18-15)9-19-16(3,4)5/h6-8,12,19H,9-11H2,1-5H3,(H2,17,21). The van der Waals surface area contributed by atoms with Gasteiger partial charge in [-0.05, 0) is 38.3 Å². The Bertz CT molecular complexity index is 448. The fourth-order valence-electron chi connectivity index (χ4n) is 1.94. The molecule has 0 bridgehead atoms. The van der Waals surface area contributed by atoms with E-state index in [9.17, 15) is 4.79 Å². The Morgan fingerprint density at radius 3 is 2.48 bits per heavy atom. The monoisotopic (exact) mass is 292 g/mol. The highest BCUT2D eigenvalue weighted by atomic mass is 16.1. The van der Waals surface area contributed by atoms with Crippen LogP contribution in [0.2, 0.25) is 0 Å². The molecule has 0 unspecified atom stereocenters. The predicted molar refractivity (Wildman–Crippen MR) is 87.1 cm³/mol. The van der Waals surface area contributed by atoms with Crippen LogP contribution in [0, 0.1) is 5.92 Å². The Kier molecular flexibility index (Phi) is 6.15. The van der Waals surface area contributed by atoms with E-state index in [0.717, 1.165) is 24.5 Å². The first-order valence-electron chi connectivity index (χ1n) is 7.40. The maximum Gasteiger partial charge on any atom is 0.236 e. The summed E-state index contributed by atoms with van der Waals surface area (Å²) in [5, 5.41) is 3.42. The van der Waals surface area contributed by atoms with E-state index in [1.54, 1.807) is 0 Å². The number of nitrogens with zero attached hydrogens (tertiary/aromatic N) is 2. The molecule has 0 aliphatic heterocycles. The number of nitrogens with two attached hydrogens (primary N) is 1. The molecule has 3 N–H and O–H groups in total. The van der Waals surface area contributed by atoms with Gasteiger partial charge in [0, 0.05) is 24.8 Å². The summed E-state index contributed by atoms with van der Waals surface area (Å²) in [5.74, 6) is 0.895. The third kappa shape index (κ3) is 7.09. The van der Waals surface area contributed by atoms with Gasteiger partial charge in [0.1, 0.15) is 5.82 Å². The summed E-state index contributed by atoms with van der Waals surface area (Å²) in [6.45, 7) is 12.3. The zero-order valence-corrected chi connectivity index (χ0v) is 13.8. The second-order valence-electron chi connectivity index (χ2n) is 6.87. The highest BCUT2D eigenvalue weighted by molar-refractivity contribution is 5.79. The third-order valence-corrected chi connectivity index (χ3v) is 2.89. The maximum atomic E-state index is 11.2. The van der Waals surface area contributed by atoms with E-state index >= 15 is 0 Å². The molecule has 0 fully saturated rings. The van der Waals surface area contributed by atoms with Crippen molar-refractivity contribution in [1.82, 2.24) is 10.3 Å². The Morgan fingerprint density at radius 2 is 2.05 bits per heavy atom. The minimum atomic E-state index is -0.337. The van der Waals surface area contributed by atoms with Crippen LogP contribution in [-0.2, 0) is 11.3 Å². The first kappa shape index (κ1) is 17.4. The van der Waals surface area contributed by atoms with Gasteiger partial charge in [-0.15, -0.1) is 0 Å². The average molecular weight is 292 g/mol. The predicted octanol–water partition coefficient (Wildman–Crippen LogP) is 1.92. The van der Waals surface area contributed by atoms with E-state index in [2.05, 4.69) is 44.9 Å². The molecule has 21 heavy (non-hydrogen) atoms. The van der Waals surface area contributed by atoms with Crippen LogP contribution < -0.4 is 16.0 Å². The number of carbonyl (C=O) groups excluding carboxylic acids is 1. The smallest absolute Gasteiger partial charge is 0.236 e. The third-order valence-electron chi connectivity index (χ3n) is 2.89. The normalized spacial score (nSPS) is 11.7. The van der Waals surface area contributed by atoms with E-state index in [1.807, 2.05) is 23.2 Å². The minimum Gasteiger partial charge on any atom is -0.368 e. The van der Waals surface area contributed by atoms with Crippen LogP contribution in [-0.4, -0.2) is 29.5 Å². The van der Waals surface area contributed by atoms with Crippen molar-refractivity contribution >= 4 is 11.7 Å². The zero-order chi connectivity index (χ0) is 16.0. The fraction of sp³-hybridized carbons (Fsp3) is 0.625. The van der Waals surface area contributed by atoms with Gasteiger partial charge < -0.3 is 16.0 Å². The molecule has 0 spiro atoms.